The molecule has 5 nitrogen and oxygen atoms in total. The second kappa shape index (κ2) is 8.95. The Balaban J connectivity index is 4.05. The van der Waals surface area contributed by atoms with Crippen molar-refractivity contribution < 1.29 is 14.7 Å². The molecule has 0 unspecified atom stereocenters. The Morgan fingerprint density at radius 2 is 1.80 bits per heavy atom. The molecule has 0 spiro atoms. The summed E-state index contributed by atoms with van der Waals surface area (Å²) in [6.45, 7) is 10.7. The molecular weight excluding hydrogens is 256 g/mol. The lowest BCUT2D eigenvalue weighted by atomic mass is 9.96. The van der Waals surface area contributed by atoms with Gasteiger partial charge >= 0.3 is 0 Å². The van der Waals surface area contributed by atoms with Crippen LogP contribution in [0, 0.1) is 5.41 Å². The van der Waals surface area contributed by atoms with Crippen LogP contribution in [0.4, 0.5) is 0 Å². The fourth-order valence-electron chi connectivity index (χ4n) is 1.76. The molecule has 0 heterocycles. The first-order valence-corrected chi connectivity index (χ1v) is 7.38. The molecule has 0 aliphatic heterocycles. The minimum Gasteiger partial charge on any atom is -0.396 e. The molecule has 2 N–H and O–H groups in total. The molecule has 0 radical (unpaired) electrons. The topological polar surface area (TPSA) is 69.6 Å². The summed E-state index contributed by atoms with van der Waals surface area (Å²) in [5, 5.41) is 11.7. The molecule has 0 atom stereocenters. The lowest BCUT2D eigenvalue weighted by Crippen LogP contribution is -2.39. The van der Waals surface area contributed by atoms with Crippen LogP contribution in [-0.2, 0) is 9.59 Å². The zero-order valence-corrected chi connectivity index (χ0v) is 13.5. The molecule has 0 aromatic rings. The van der Waals surface area contributed by atoms with Gasteiger partial charge in [-0.15, -0.1) is 0 Å². The lowest BCUT2D eigenvalue weighted by Gasteiger charge is -2.26. The van der Waals surface area contributed by atoms with Crippen LogP contribution in [0.5, 0.6) is 0 Å². The smallest absolute Gasteiger partial charge is 0.225 e. The first-order valence-electron chi connectivity index (χ1n) is 7.38. The second-order valence-electron chi connectivity index (χ2n) is 6.37. The van der Waals surface area contributed by atoms with Crippen molar-refractivity contribution in [1.82, 2.24) is 10.2 Å². The molecular formula is C15H30N2O3. The molecule has 0 aromatic heterocycles. The molecule has 118 valence electrons. The van der Waals surface area contributed by atoms with Crippen LogP contribution in [0.2, 0.25) is 0 Å². The Kier molecular flexibility index (Phi) is 8.46. The predicted octanol–water partition coefficient (Wildman–Crippen LogP) is 1.55. The average Bonchev–Trinajstić information content (AvgIpc) is 2.33. The summed E-state index contributed by atoms with van der Waals surface area (Å²) in [7, 11) is 0. The third kappa shape index (κ3) is 7.48. The first kappa shape index (κ1) is 18.9. The highest BCUT2D eigenvalue weighted by Gasteiger charge is 2.21. The number of nitrogens with one attached hydrogen (secondary N) is 1. The number of hydrogen-bond donors (Lipinski definition) is 2. The standard InChI is InChI=1S/C15H30N2O3/c1-12(2)17(10-7-11-18)13(19)8-6-9-16-14(20)15(3,4)5/h12,18H,6-11H2,1-5H3,(H,16,20). The lowest BCUT2D eigenvalue weighted by molar-refractivity contribution is -0.133. The molecule has 2 amide bonds. The summed E-state index contributed by atoms with van der Waals surface area (Å²) in [5.74, 6) is 0.0874. The Morgan fingerprint density at radius 3 is 2.25 bits per heavy atom. The summed E-state index contributed by atoms with van der Waals surface area (Å²) in [4.78, 5) is 25.5. The number of rotatable bonds is 8. The van der Waals surface area contributed by atoms with Gasteiger partial charge in [0.15, 0.2) is 0 Å². The first-order chi connectivity index (χ1) is 9.20. The van der Waals surface area contributed by atoms with E-state index in [4.69, 9.17) is 5.11 Å². The summed E-state index contributed by atoms with van der Waals surface area (Å²) < 4.78 is 0. The predicted molar refractivity (Wildman–Crippen MR) is 80.3 cm³/mol. The normalized spacial score (nSPS) is 11.6. The highest BCUT2D eigenvalue weighted by molar-refractivity contribution is 5.81. The van der Waals surface area contributed by atoms with E-state index in [1.165, 1.54) is 0 Å². The number of aliphatic hydroxyl groups is 1. The van der Waals surface area contributed by atoms with Crippen LogP contribution < -0.4 is 5.32 Å². The third-order valence-electron chi connectivity index (χ3n) is 3.03. The number of carbonyl (C=O) groups is 2. The van der Waals surface area contributed by atoms with Gasteiger partial charge in [-0.2, -0.15) is 0 Å². The average molecular weight is 286 g/mol. The number of carbonyl (C=O) groups excluding carboxylic acids is 2. The summed E-state index contributed by atoms with van der Waals surface area (Å²) >= 11 is 0. The molecule has 0 aromatic carbocycles. The van der Waals surface area contributed by atoms with Gasteiger partial charge in [0, 0.05) is 37.6 Å². The Bertz CT molecular complexity index is 309. The number of aliphatic hydroxyl groups excluding tert-OH is 1. The zero-order chi connectivity index (χ0) is 15.8. The van der Waals surface area contributed by atoms with E-state index < -0.39 is 5.41 Å². The van der Waals surface area contributed by atoms with Crippen molar-refractivity contribution in [1.29, 1.82) is 0 Å². The molecule has 20 heavy (non-hydrogen) atoms. The minimum absolute atomic E-state index is 0.00550. The van der Waals surface area contributed by atoms with E-state index in [0.29, 0.717) is 32.4 Å². The van der Waals surface area contributed by atoms with Gasteiger partial charge in [0.25, 0.3) is 0 Å². The second-order valence-corrected chi connectivity index (χ2v) is 6.37. The number of amides is 2. The molecule has 0 bridgehead atoms. The van der Waals surface area contributed by atoms with Gasteiger partial charge < -0.3 is 15.3 Å². The molecule has 5 heteroatoms. The van der Waals surface area contributed by atoms with Crippen molar-refractivity contribution in [3.8, 4) is 0 Å². The van der Waals surface area contributed by atoms with Crippen LogP contribution >= 0.6 is 0 Å². The van der Waals surface area contributed by atoms with Crippen molar-refractivity contribution in [2.45, 2.75) is 59.9 Å². The van der Waals surface area contributed by atoms with Crippen LogP contribution in [0.1, 0.15) is 53.9 Å². The molecule has 0 saturated carbocycles. The highest BCUT2D eigenvalue weighted by Crippen LogP contribution is 2.12. The van der Waals surface area contributed by atoms with E-state index in [1.54, 1.807) is 4.90 Å². The van der Waals surface area contributed by atoms with E-state index in [1.807, 2.05) is 34.6 Å². The van der Waals surface area contributed by atoms with Crippen molar-refractivity contribution in [2.24, 2.45) is 5.41 Å². The highest BCUT2D eigenvalue weighted by atomic mass is 16.3. The molecule has 0 rings (SSSR count). The summed E-state index contributed by atoms with van der Waals surface area (Å²) in [5.41, 5.74) is -0.394. The largest absolute Gasteiger partial charge is 0.396 e. The molecule has 0 aliphatic carbocycles. The van der Waals surface area contributed by atoms with E-state index in [-0.39, 0.29) is 24.5 Å². The van der Waals surface area contributed by atoms with Crippen molar-refractivity contribution in [3.05, 3.63) is 0 Å². The fourth-order valence-corrected chi connectivity index (χ4v) is 1.76. The SMILES string of the molecule is CC(C)N(CCCO)C(=O)CCCNC(=O)C(C)(C)C. The number of nitrogens with zero attached hydrogens (tertiary/aromatic N) is 1. The van der Waals surface area contributed by atoms with E-state index in [2.05, 4.69) is 5.32 Å². The Morgan fingerprint density at radius 1 is 1.20 bits per heavy atom. The van der Waals surface area contributed by atoms with Gasteiger partial charge in [0.2, 0.25) is 11.8 Å². The van der Waals surface area contributed by atoms with Gasteiger partial charge in [-0.3, -0.25) is 9.59 Å². The monoisotopic (exact) mass is 286 g/mol. The quantitative estimate of drug-likeness (QED) is 0.665. The fraction of sp³-hybridized carbons (Fsp3) is 0.867. The van der Waals surface area contributed by atoms with Crippen molar-refractivity contribution >= 4 is 11.8 Å². The zero-order valence-electron chi connectivity index (χ0n) is 13.5. The number of hydrogen-bond acceptors (Lipinski definition) is 3. The van der Waals surface area contributed by atoms with Gasteiger partial charge in [-0.25, -0.2) is 0 Å². The molecule has 0 saturated heterocycles. The van der Waals surface area contributed by atoms with Crippen LogP contribution in [-0.4, -0.2) is 47.6 Å². The Hall–Kier alpha value is -1.10. The summed E-state index contributed by atoms with van der Waals surface area (Å²) in [6.07, 6.45) is 1.67. The third-order valence-corrected chi connectivity index (χ3v) is 3.03. The van der Waals surface area contributed by atoms with Crippen LogP contribution in [0.3, 0.4) is 0 Å². The maximum Gasteiger partial charge on any atom is 0.225 e. The molecule has 0 aliphatic rings. The van der Waals surface area contributed by atoms with E-state index in [0.717, 1.165) is 0 Å². The van der Waals surface area contributed by atoms with E-state index in [9.17, 15) is 9.59 Å². The summed E-state index contributed by atoms with van der Waals surface area (Å²) in [6, 6.07) is 0.137. The van der Waals surface area contributed by atoms with Crippen molar-refractivity contribution in [3.63, 3.8) is 0 Å². The Labute approximate surface area is 122 Å². The van der Waals surface area contributed by atoms with E-state index >= 15 is 0 Å². The molecule has 0 fully saturated rings. The maximum absolute atomic E-state index is 12.1. The maximum atomic E-state index is 12.1. The van der Waals surface area contributed by atoms with Gasteiger partial charge in [-0.1, -0.05) is 20.8 Å². The van der Waals surface area contributed by atoms with Crippen LogP contribution in [0.25, 0.3) is 0 Å². The van der Waals surface area contributed by atoms with Gasteiger partial charge in [0.1, 0.15) is 0 Å². The minimum atomic E-state index is -0.394. The van der Waals surface area contributed by atoms with Gasteiger partial charge in [-0.05, 0) is 26.7 Å². The van der Waals surface area contributed by atoms with Gasteiger partial charge in [0.05, 0.1) is 0 Å². The van der Waals surface area contributed by atoms with Crippen LogP contribution in [0.15, 0.2) is 0 Å². The van der Waals surface area contributed by atoms with Crippen molar-refractivity contribution in [2.75, 3.05) is 19.7 Å².